The number of fused-ring (bicyclic) bond motifs is 1. The Morgan fingerprint density at radius 1 is 0.944 bits per heavy atom. The third-order valence-electron chi connectivity index (χ3n) is 7.87. The van der Waals surface area contributed by atoms with Crippen LogP contribution in [-0.2, 0) is 0 Å². The van der Waals surface area contributed by atoms with Gasteiger partial charge in [0.25, 0.3) is 0 Å². The lowest BCUT2D eigenvalue weighted by Crippen LogP contribution is -2.30. The summed E-state index contributed by atoms with van der Waals surface area (Å²) in [6.45, 7) is 5.96. The minimum absolute atomic E-state index is 0.111. The average Bonchev–Trinajstić information content (AvgIpc) is 2.87. The van der Waals surface area contributed by atoms with Gasteiger partial charge in [-0.2, -0.15) is 0 Å². The molecule has 2 aromatic rings. The van der Waals surface area contributed by atoms with Crippen LogP contribution in [0, 0.1) is 47.0 Å². The standard InChI is InChI=1S/C32H35F3O/c1-3-5-7-22-8-11-25-19-26(13-12-24(25)17-22)27-20-29(33)28(30(34)21-27)14-9-23-10-15-32(31(35)18-23)36-16-6-4-2/h3-4,6,10,15,18,20-22,24-26H,1,5,7-8,11-13,16-17,19H2,2H3/b6-4+. The molecule has 2 aliphatic carbocycles. The van der Waals surface area contributed by atoms with Crippen molar-refractivity contribution in [2.75, 3.05) is 6.61 Å². The van der Waals surface area contributed by atoms with Crippen molar-refractivity contribution in [2.45, 2.75) is 64.2 Å². The van der Waals surface area contributed by atoms with Gasteiger partial charge in [0.05, 0.1) is 5.56 Å². The topological polar surface area (TPSA) is 9.23 Å². The zero-order chi connectivity index (χ0) is 25.5. The molecule has 0 aromatic heterocycles. The fraction of sp³-hybridized carbons (Fsp3) is 0.438. The van der Waals surface area contributed by atoms with Gasteiger partial charge in [0.2, 0.25) is 0 Å². The van der Waals surface area contributed by atoms with Crippen molar-refractivity contribution < 1.29 is 17.9 Å². The van der Waals surface area contributed by atoms with Crippen LogP contribution in [0.5, 0.6) is 5.75 Å². The van der Waals surface area contributed by atoms with E-state index in [1.165, 1.54) is 49.9 Å². The number of hydrogen-bond acceptors (Lipinski definition) is 1. The fourth-order valence-electron chi connectivity index (χ4n) is 5.92. The summed E-state index contributed by atoms with van der Waals surface area (Å²) in [7, 11) is 0. The van der Waals surface area contributed by atoms with E-state index >= 15 is 0 Å². The lowest BCUT2D eigenvalue weighted by molar-refractivity contribution is 0.115. The number of rotatable bonds is 7. The van der Waals surface area contributed by atoms with Gasteiger partial charge in [-0.05, 0) is 111 Å². The van der Waals surface area contributed by atoms with Crippen molar-refractivity contribution >= 4 is 0 Å². The van der Waals surface area contributed by atoms with Gasteiger partial charge in [0.1, 0.15) is 18.2 Å². The Morgan fingerprint density at radius 3 is 2.42 bits per heavy atom. The van der Waals surface area contributed by atoms with E-state index in [4.69, 9.17) is 4.74 Å². The third kappa shape index (κ3) is 6.44. The van der Waals surface area contributed by atoms with Crippen LogP contribution in [0.1, 0.15) is 80.9 Å². The van der Waals surface area contributed by atoms with Crippen LogP contribution in [0.15, 0.2) is 55.1 Å². The second-order valence-electron chi connectivity index (χ2n) is 10.2. The maximum atomic E-state index is 14.9. The maximum Gasteiger partial charge on any atom is 0.166 e. The SMILES string of the molecule is C=CCCC1CCC2CC(c3cc(F)c(C#Cc4ccc(OC/C=C/C)c(F)c4)c(F)c3)CCC2C1. The minimum atomic E-state index is -0.653. The summed E-state index contributed by atoms with van der Waals surface area (Å²) in [5, 5.41) is 0. The summed E-state index contributed by atoms with van der Waals surface area (Å²) in [6.07, 6.45) is 14.8. The molecular formula is C32H35F3O. The van der Waals surface area contributed by atoms with Crippen molar-refractivity contribution in [1.29, 1.82) is 0 Å². The molecule has 2 fully saturated rings. The molecule has 0 radical (unpaired) electrons. The van der Waals surface area contributed by atoms with Gasteiger partial charge in [-0.3, -0.25) is 0 Å². The highest BCUT2D eigenvalue weighted by Crippen LogP contribution is 2.48. The van der Waals surface area contributed by atoms with Crippen molar-refractivity contribution in [1.82, 2.24) is 0 Å². The fourth-order valence-corrected chi connectivity index (χ4v) is 5.92. The first-order chi connectivity index (χ1) is 17.5. The van der Waals surface area contributed by atoms with Crippen LogP contribution in [0.3, 0.4) is 0 Å². The Morgan fingerprint density at radius 2 is 1.69 bits per heavy atom. The van der Waals surface area contributed by atoms with E-state index in [0.717, 1.165) is 43.1 Å². The molecular weight excluding hydrogens is 457 g/mol. The lowest BCUT2D eigenvalue weighted by Gasteiger charge is -2.42. The quantitative estimate of drug-likeness (QED) is 0.277. The summed E-state index contributed by atoms with van der Waals surface area (Å²) in [4.78, 5) is 0. The van der Waals surface area contributed by atoms with E-state index in [9.17, 15) is 13.2 Å². The van der Waals surface area contributed by atoms with Gasteiger partial charge in [-0.25, -0.2) is 13.2 Å². The average molecular weight is 493 g/mol. The molecule has 0 N–H and O–H groups in total. The molecule has 0 spiro atoms. The van der Waals surface area contributed by atoms with Gasteiger partial charge < -0.3 is 4.74 Å². The molecule has 4 heteroatoms. The predicted octanol–water partition coefficient (Wildman–Crippen LogP) is 8.72. The first kappa shape index (κ1) is 26.1. The highest BCUT2D eigenvalue weighted by atomic mass is 19.1. The molecule has 190 valence electrons. The number of ether oxygens (including phenoxy) is 1. The minimum Gasteiger partial charge on any atom is -0.486 e. The molecule has 2 aliphatic rings. The molecule has 4 unspecified atom stereocenters. The third-order valence-corrected chi connectivity index (χ3v) is 7.87. The van der Waals surface area contributed by atoms with Gasteiger partial charge in [0, 0.05) is 5.56 Å². The molecule has 1 nitrogen and oxygen atoms in total. The lowest BCUT2D eigenvalue weighted by atomic mass is 9.63. The van der Waals surface area contributed by atoms with E-state index in [0.29, 0.717) is 11.5 Å². The largest absolute Gasteiger partial charge is 0.486 e. The molecule has 0 amide bonds. The van der Waals surface area contributed by atoms with Crippen LogP contribution in [0.25, 0.3) is 0 Å². The molecule has 2 saturated carbocycles. The van der Waals surface area contributed by atoms with Crippen molar-refractivity contribution in [2.24, 2.45) is 17.8 Å². The van der Waals surface area contributed by atoms with E-state index in [2.05, 4.69) is 18.4 Å². The van der Waals surface area contributed by atoms with E-state index < -0.39 is 17.5 Å². The molecule has 0 bridgehead atoms. The van der Waals surface area contributed by atoms with Crippen LogP contribution in [0.2, 0.25) is 0 Å². The van der Waals surface area contributed by atoms with E-state index in [-0.39, 0.29) is 23.8 Å². The smallest absolute Gasteiger partial charge is 0.166 e. The summed E-state index contributed by atoms with van der Waals surface area (Å²) >= 11 is 0. The summed E-state index contributed by atoms with van der Waals surface area (Å²) in [6, 6.07) is 7.17. The van der Waals surface area contributed by atoms with Gasteiger partial charge >= 0.3 is 0 Å². The van der Waals surface area contributed by atoms with Crippen molar-refractivity contribution in [3.63, 3.8) is 0 Å². The summed E-state index contributed by atoms with van der Waals surface area (Å²) in [5.41, 5.74) is 0.788. The first-order valence-electron chi connectivity index (χ1n) is 13.1. The first-order valence-corrected chi connectivity index (χ1v) is 13.1. The number of hydrogen-bond donors (Lipinski definition) is 0. The Kier molecular flexibility index (Phi) is 8.97. The molecule has 2 aromatic carbocycles. The van der Waals surface area contributed by atoms with Gasteiger partial charge in [-0.15, -0.1) is 6.58 Å². The normalized spacial score (nSPS) is 23.6. The zero-order valence-electron chi connectivity index (χ0n) is 21.0. The van der Waals surface area contributed by atoms with Crippen LogP contribution < -0.4 is 4.74 Å². The Balaban J connectivity index is 1.42. The molecule has 4 rings (SSSR count). The van der Waals surface area contributed by atoms with Crippen molar-refractivity contribution in [3.8, 4) is 17.6 Å². The molecule has 36 heavy (non-hydrogen) atoms. The number of benzene rings is 2. The zero-order valence-corrected chi connectivity index (χ0v) is 21.0. The van der Waals surface area contributed by atoms with Crippen LogP contribution in [-0.4, -0.2) is 6.61 Å². The summed E-state index contributed by atoms with van der Waals surface area (Å²) in [5.74, 6) is 5.87. The Hall–Kier alpha value is -2.93. The molecule has 0 aliphatic heterocycles. The molecule has 4 atom stereocenters. The predicted molar refractivity (Wildman–Crippen MR) is 139 cm³/mol. The second-order valence-corrected chi connectivity index (χ2v) is 10.2. The van der Waals surface area contributed by atoms with E-state index in [1.54, 1.807) is 12.1 Å². The molecule has 0 saturated heterocycles. The maximum absolute atomic E-state index is 14.9. The highest BCUT2D eigenvalue weighted by molar-refractivity contribution is 5.47. The van der Waals surface area contributed by atoms with Crippen molar-refractivity contribution in [3.05, 3.63) is 89.3 Å². The highest BCUT2D eigenvalue weighted by Gasteiger charge is 2.36. The van der Waals surface area contributed by atoms with Gasteiger partial charge in [0.15, 0.2) is 11.6 Å². The number of allylic oxidation sites excluding steroid dienone is 2. The molecule has 0 heterocycles. The van der Waals surface area contributed by atoms with Crippen LogP contribution in [0.4, 0.5) is 13.2 Å². The monoisotopic (exact) mass is 492 g/mol. The number of halogens is 3. The Labute approximate surface area is 213 Å². The van der Waals surface area contributed by atoms with Gasteiger partial charge in [-0.1, -0.05) is 36.5 Å². The second kappa shape index (κ2) is 12.3. The Bertz CT molecular complexity index is 1130. The summed E-state index contributed by atoms with van der Waals surface area (Å²) < 4.78 is 49.4. The van der Waals surface area contributed by atoms with Crippen LogP contribution >= 0.6 is 0 Å². The van der Waals surface area contributed by atoms with E-state index in [1.807, 2.05) is 19.1 Å².